The van der Waals surface area contributed by atoms with Crippen LogP contribution >= 0.6 is 0 Å². The number of hydrogen-bond acceptors (Lipinski definition) is 6. The number of nitrogens with one attached hydrogen (secondary N) is 2. The van der Waals surface area contributed by atoms with Crippen LogP contribution in [0.4, 0.5) is 5.82 Å². The van der Waals surface area contributed by atoms with Crippen LogP contribution in [0.3, 0.4) is 0 Å². The molecule has 1 heterocycles. The van der Waals surface area contributed by atoms with Gasteiger partial charge < -0.3 is 10.6 Å². The molecule has 0 fully saturated rings. The van der Waals surface area contributed by atoms with E-state index >= 15 is 0 Å². The molecule has 10 nitrogen and oxygen atoms in total. The third-order valence-corrected chi connectivity index (χ3v) is 4.10. The number of nitrogens with zero attached hydrogens (tertiary/aromatic N) is 3. The fourth-order valence-corrected chi connectivity index (χ4v) is 2.38. The monoisotopic (exact) mass is 366 g/mol. The van der Waals surface area contributed by atoms with Crippen molar-refractivity contribution in [2.45, 2.75) is 31.3 Å². The van der Waals surface area contributed by atoms with Crippen LogP contribution in [0.15, 0.2) is 35.4 Å². The van der Waals surface area contributed by atoms with E-state index in [2.05, 4.69) is 20.9 Å². The predicted molar refractivity (Wildman–Crippen MR) is 88.6 cm³/mol. The van der Waals surface area contributed by atoms with Crippen molar-refractivity contribution in [2.24, 2.45) is 5.14 Å². The third-order valence-electron chi connectivity index (χ3n) is 3.17. The SMILES string of the molecule is CCC(=O)Nc1cn(CC(=O)NCc2ccc(S(N)(=O)=O)cc2)nn1. The van der Waals surface area contributed by atoms with Crippen molar-refractivity contribution >= 4 is 27.7 Å². The summed E-state index contributed by atoms with van der Waals surface area (Å²) in [5, 5.41) is 17.7. The van der Waals surface area contributed by atoms with E-state index in [0.717, 1.165) is 5.56 Å². The summed E-state index contributed by atoms with van der Waals surface area (Å²) in [7, 11) is -3.74. The topological polar surface area (TPSA) is 149 Å². The van der Waals surface area contributed by atoms with Gasteiger partial charge in [0.2, 0.25) is 21.8 Å². The van der Waals surface area contributed by atoms with Crippen LogP contribution in [0, 0.1) is 0 Å². The lowest BCUT2D eigenvalue weighted by molar-refractivity contribution is -0.122. The molecule has 0 aliphatic rings. The van der Waals surface area contributed by atoms with Crippen molar-refractivity contribution in [3.05, 3.63) is 36.0 Å². The summed E-state index contributed by atoms with van der Waals surface area (Å²) in [5.74, 6) is -0.230. The van der Waals surface area contributed by atoms with E-state index in [1.165, 1.54) is 23.0 Å². The first-order valence-corrected chi connectivity index (χ1v) is 8.91. The van der Waals surface area contributed by atoms with Gasteiger partial charge in [-0.05, 0) is 17.7 Å². The summed E-state index contributed by atoms with van der Waals surface area (Å²) >= 11 is 0. The minimum absolute atomic E-state index is 0.00634. The Balaban J connectivity index is 1.85. The molecule has 1 aromatic heterocycles. The van der Waals surface area contributed by atoms with E-state index in [0.29, 0.717) is 6.42 Å². The van der Waals surface area contributed by atoms with Crippen LogP contribution in [-0.4, -0.2) is 35.2 Å². The highest BCUT2D eigenvalue weighted by Gasteiger charge is 2.09. The molecule has 0 unspecified atom stereocenters. The molecule has 2 aromatic rings. The Bertz CT molecular complexity index is 860. The molecule has 2 rings (SSSR count). The van der Waals surface area contributed by atoms with Crippen LogP contribution in [0.5, 0.6) is 0 Å². The molecule has 2 amide bonds. The van der Waals surface area contributed by atoms with E-state index in [-0.39, 0.29) is 35.6 Å². The number of aromatic nitrogens is 3. The fraction of sp³-hybridized carbons (Fsp3) is 0.286. The van der Waals surface area contributed by atoms with Gasteiger partial charge in [0.25, 0.3) is 0 Å². The van der Waals surface area contributed by atoms with Crippen molar-refractivity contribution in [3.63, 3.8) is 0 Å². The normalized spacial score (nSPS) is 11.1. The molecule has 1 aromatic carbocycles. The molecular weight excluding hydrogens is 348 g/mol. The van der Waals surface area contributed by atoms with E-state index in [9.17, 15) is 18.0 Å². The molecule has 0 radical (unpaired) electrons. The molecule has 134 valence electrons. The zero-order chi connectivity index (χ0) is 18.4. The average Bonchev–Trinajstić information content (AvgIpc) is 2.99. The van der Waals surface area contributed by atoms with Crippen LogP contribution in [-0.2, 0) is 32.7 Å². The summed E-state index contributed by atoms with van der Waals surface area (Å²) in [5.41, 5.74) is 0.718. The van der Waals surface area contributed by atoms with Gasteiger partial charge in [-0.2, -0.15) is 0 Å². The predicted octanol–water partition coefficient (Wildman–Crippen LogP) is -0.410. The number of rotatable bonds is 7. The summed E-state index contributed by atoms with van der Waals surface area (Å²) in [6.07, 6.45) is 1.77. The van der Waals surface area contributed by atoms with Gasteiger partial charge in [-0.25, -0.2) is 18.2 Å². The molecule has 4 N–H and O–H groups in total. The number of anilines is 1. The molecule has 0 bridgehead atoms. The van der Waals surface area contributed by atoms with E-state index in [1.54, 1.807) is 19.1 Å². The minimum atomic E-state index is -3.74. The Labute approximate surface area is 144 Å². The lowest BCUT2D eigenvalue weighted by Gasteiger charge is -2.06. The average molecular weight is 366 g/mol. The zero-order valence-electron chi connectivity index (χ0n) is 13.5. The molecule has 0 aliphatic heterocycles. The smallest absolute Gasteiger partial charge is 0.242 e. The number of sulfonamides is 1. The first-order valence-electron chi connectivity index (χ1n) is 7.36. The molecule has 0 atom stereocenters. The second-order valence-corrected chi connectivity index (χ2v) is 6.73. The van der Waals surface area contributed by atoms with Crippen molar-refractivity contribution in [1.29, 1.82) is 0 Å². The number of nitrogens with two attached hydrogens (primary N) is 1. The van der Waals surface area contributed by atoms with Crippen molar-refractivity contribution in [3.8, 4) is 0 Å². The lowest BCUT2D eigenvalue weighted by atomic mass is 10.2. The second-order valence-electron chi connectivity index (χ2n) is 5.17. The lowest BCUT2D eigenvalue weighted by Crippen LogP contribution is -2.27. The minimum Gasteiger partial charge on any atom is -0.350 e. The Kier molecular flexibility index (Phi) is 5.83. The highest BCUT2D eigenvalue weighted by molar-refractivity contribution is 7.89. The largest absolute Gasteiger partial charge is 0.350 e. The second kappa shape index (κ2) is 7.85. The molecule has 0 saturated carbocycles. The van der Waals surface area contributed by atoms with Gasteiger partial charge in [-0.15, -0.1) is 5.10 Å². The quantitative estimate of drug-likeness (QED) is 0.606. The highest BCUT2D eigenvalue weighted by Crippen LogP contribution is 2.08. The maximum Gasteiger partial charge on any atom is 0.242 e. The van der Waals surface area contributed by atoms with Crippen LogP contribution in [0.2, 0.25) is 0 Å². The summed E-state index contributed by atoms with van der Waals surface area (Å²) < 4.78 is 23.6. The standard InChI is InChI=1S/C14H18N6O4S/c1-2-13(21)17-12-8-20(19-18-12)9-14(22)16-7-10-3-5-11(6-4-10)25(15,23)24/h3-6,8H,2,7,9H2,1H3,(H,16,22)(H,17,21)(H2,15,23,24). The van der Waals surface area contributed by atoms with Crippen molar-refractivity contribution in [1.82, 2.24) is 20.3 Å². The zero-order valence-corrected chi connectivity index (χ0v) is 14.3. The molecule has 0 saturated heterocycles. The molecule has 11 heteroatoms. The maximum absolute atomic E-state index is 11.9. The van der Waals surface area contributed by atoms with Gasteiger partial charge in [-0.1, -0.05) is 24.3 Å². The summed E-state index contributed by atoms with van der Waals surface area (Å²) in [6, 6.07) is 5.87. The van der Waals surface area contributed by atoms with Gasteiger partial charge >= 0.3 is 0 Å². The third kappa shape index (κ3) is 5.65. The van der Waals surface area contributed by atoms with Gasteiger partial charge in [-0.3, -0.25) is 9.59 Å². The number of carbonyl (C=O) groups excluding carboxylic acids is 2. The first kappa shape index (κ1) is 18.5. The van der Waals surface area contributed by atoms with Crippen molar-refractivity contribution in [2.75, 3.05) is 5.32 Å². The summed E-state index contributed by atoms with van der Waals surface area (Å²) in [6.45, 7) is 1.87. The van der Waals surface area contributed by atoms with Crippen LogP contribution in [0.25, 0.3) is 0 Å². The highest BCUT2D eigenvalue weighted by atomic mass is 32.2. The molecule has 25 heavy (non-hydrogen) atoms. The summed E-state index contributed by atoms with van der Waals surface area (Å²) in [4.78, 5) is 23.1. The Morgan fingerprint density at radius 3 is 2.48 bits per heavy atom. The number of primary sulfonamides is 1. The van der Waals surface area contributed by atoms with Gasteiger partial charge in [0, 0.05) is 13.0 Å². The van der Waals surface area contributed by atoms with E-state index in [1.807, 2.05) is 0 Å². The maximum atomic E-state index is 11.9. The number of benzene rings is 1. The number of hydrogen-bond donors (Lipinski definition) is 3. The molecular formula is C14H18N6O4S. The first-order chi connectivity index (χ1) is 11.8. The molecule has 0 aliphatic carbocycles. The van der Waals surface area contributed by atoms with Crippen LogP contribution < -0.4 is 15.8 Å². The van der Waals surface area contributed by atoms with E-state index < -0.39 is 10.0 Å². The Morgan fingerprint density at radius 1 is 1.20 bits per heavy atom. The van der Waals surface area contributed by atoms with Crippen molar-refractivity contribution < 1.29 is 18.0 Å². The molecule has 0 spiro atoms. The van der Waals surface area contributed by atoms with Gasteiger partial charge in [0.1, 0.15) is 6.54 Å². The number of carbonyl (C=O) groups is 2. The Hall–Kier alpha value is -2.79. The fourth-order valence-electron chi connectivity index (χ4n) is 1.86. The van der Waals surface area contributed by atoms with Gasteiger partial charge in [0.05, 0.1) is 11.1 Å². The van der Waals surface area contributed by atoms with Gasteiger partial charge in [0.15, 0.2) is 5.82 Å². The number of amides is 2. The van der Waals surface area contributed by atoms with E-state index in [4.69, 9.17) is 5.14 Å². The van der Waals surface area contributed by atoms with Crippen LogP contribution in [0.1, 0.15) is 18.9 Å². The Morgan fingerprint density at radius 2 is 1.88 bits per heavy atom.